The van der Waals surface area contributed by atoms with E-state index < -0.39 is 11.9 Å². The zero-order chi connectivity index (χ0) is 12.7. The molecule has 1 heterocycles. The van der Waals surface area contributed by atoms with Crippen LogP contribution >= 0.6 is 0 Å². The quantitative estimate of drug-likeness (QED) is 0.698. The smallest absolute Gasteiger partial charge is 0.426 e. The number of hydrogen-bond donors (Lipinski definition) is 1. The van der Waals surface area contributed by atoms with E-state index in [2.05, 4.69) is 6.92 Å². The number of nitrogens with zero attached hydrogens (tertiary/aromatic N) is 2. The number of halogens is 1. The third kappa shape index (κ3) is 4.63. The molecular weight excluding hydrogens is 223 g/mol. The van der Waals surface area contributed by atoms with Crippen molar-refractivity contribution in [2.24, 2.45) is 0 Å². The Hall–Kier alpha value is -1.26. The first kappa shape index (κ1) is 13.8. The summed E-state index contributed by atoms with van der Waals surface area (Å²) in [4.78, 5) is 10.8. The maximum absolute atomic E-state index is 13.0. The SMILES string of the molecule is CCCCCCCCN1C=C(F)CN1C(=O)O. The van der Waals surface area contributed by atoms with Crippen molar-refractivity contribution in [2.75, 3.05) is 13.1 Å². The third-order valence-electron chi connectivity index (χ3n) is 2.86. The molecule has 1 aliphatic rings. The van der Waals surface area contributed by atoms with Crippen LogP contribution in [0.15, 0.2) is 12.0 Å². The van der Waals surface area contributed by atoms with Crippen molar-refractivity contribution in [3.8, 4) is 0 Å². The van der Waals surface area contributed by atoms with Gasteiger partial charge >= 0.3 is 6.09 Å². The van der Waals surface area contributed by atoms with Crippen molar-refractivity contribution in [1.29, 1.82) is 0 Å². The molecule has 1 aliphatic heterocycles. The van der Waals surface area contributed by atoms with Gasteiger partial charge in [-0.15, -0.1) is 0 Å². The standard InChI is InChI=1S/C12H21FN2O2/c1-2-3-4-5-6-7-8-14-9-11(13)10-15(14)12(16)17/h9H,2-8,10H2,1H3,(H,16,17). The Morgan fingerprint density at radius 3 is 2.65 bits per heavy atom. The van der Waals surface area contributed by atoms with Gasteiger partial charge in [0.25, 0.3) is 0 Å². The largest absolute Gasteiger partial charge is 0.464 e. The summed E-state index contributed by atoms with van der Waals surface area (Å²) >= 11 is 0. The second-order valence-electron chi connectivity index (χ2n) is 4.35. The third-order valence-corrected chi connectivity index (χ3v) is 2.86. The molecule has 0 aromatic heterocycles. The summed E-state index contributed by atoms with van der Waals surface area (Å²) < 4.78 is 13.0. The maximum atomic E-state index is 13.0. The van der Waals surface area contributed by atoms with Crippen molar-refractivity contribution >= 4 is 6.09 Å². The van der Waals surface area contributed by atoms with Gasteiger partial charge in [-0.1, -0.05) is 39.0 Å². The van der Waals surface area contributed by atoms with Crippen LogP contribution < -0.4 is 0 Å². The summed E-state index contributed by atoms with van der Waals surface area (Å²) in [5.41, 5.74) is 0. The number of hydrazine groups is 1. The highest BCUT2D eigenvalue weighted by atomic mass is 19.1. The van der Waals surface area contributed by atoms with Crippen molar-refractivity contribution in [3.05, 3.63) is 12.0 Å². The van der Waals surface area contributed by atoms with Crippen molar-refractivity contribution in [2.45, 2.75) is 45.4 Å². The van der Waals surface area contributed by atoms with E-state index >= 15 is 0 Å². The molecule has 0 unspecified atom stereocenters. The average molecular weight is 244 g/mol. The van der Waals surface area contributed by atoms with Gasteiger partial charge in [0.2, 0.25) is 0 Å². The molecule has 0 aromatic rings. The number of unbranched alkanes of at least 4 members (excludes halogenated alkanes) is 5. The monoisotopic (exact) mass is 244 g/mol. The number of rotatable bonds is 7. The summed E-state index contributed by atoms with van der Waals surface area (Å²) in [5.74, 6) is -0.390. The van der Waals surface area contributed by atoms with Crippen LogP contribution in [-0.4, -0.2) is 34.3 Å². The molecule has 5 heteroatoms. The molecule has 0 fully saturated rings. The molecule has 0 saturated carbocycles. The highest BCUT2D eigenvalue weighted by Crippen LogP contribution is 2.17. The van der Waals surface area contributed by atoms with E-state index in [1.807, 2.05) is 0 Å². The van der Waals surface area contributed by atoms with Crippen LogP contribution in [0.3, 0.4) is 0 Å². The number of carboxylic acid groups (broad SMARTS) is 1. The lowest BCUT2D eigenvalue weighted by atomic mass is 10.1. The maximum Gasteiger partial charge on any atom is 0.426 e. The van der Waals surface area contributed by atoms with E-state index in [9.17, 15) is 9.18 Å². The molecule has 0 aromatic carbocycles. The lowest BCUT2D eigenvalue weighted by Gasteiger charge is -2.25. The van der Waals surface area contributed by atoms with Crippen LogP contribution in [0.2, 0.25) is 0 Å². The Bertz CT molecular complexity index is 282. The van der Waals surface area contributed by atoms with E-state index in [1.165, 1.54) is 36.9 Å². The van der Waals surface area contributed by atoms with Crippen LogP contribution in [0.5, 0.6) is 0 Å². The first-order valence-corrected chi connectivity index (χ1v) is 6.28. The fraction of sp³-hybridized carbons (Fsp3) is 0.750. The topological polar surface area (TPSA) is 43.8 Å². The molecule has 1 rings (SSSR count). The second kappa shape index (κ2) is 7.14. The van der Waals surface area contributed by atoms with Crippen LogP contribution in [0, 0.1) is 0 Å². The number of amides is 1. The second-order valence-corrected chi connectivity index (χ2v) is 4.35. The molecule has 0 atom stereocenters. The molecule has 0 bridgehead atoms. The first-order valence-electron chi connectivity index (χ1n) is 6.28. The summed E-state index contributed by atoms with van der Waals surface area (Å²) in [6.07, 6.45) is 7.01. The minimum atomic E-state index is -1.10. The van der Waals surface area contributed by atoms with Gasteiger partial charge in [-0.25, -0.2) is 14.2 Å². The molecule has 17 heavy (non-hydrogen) atoms. The number of hydrogen-bond acceptors (Lipinski definition) is 2. The summed E-state index contributed by atoms with van der Waals surface area (Å²) in [6, 6.07) is 0. The predicted octanol–water partition coefficient (Wildman–Crippen LogP) is 3.37. The van der Waals surface area contributed by atoms with E-state index in [1.54, 1.807) is 0 Å². The molecular formula is C12H21FN2O2. The zero-order valence-corrected chi connectivity index (χ0v) is 10.4. The molecule has 0 radical (unpaired) electrons. The number of carbonyl (C=O) groups is 1. The van der Waals surface area contributed by atoms with Crippen LogP contribution in [-0.2, 0) is 0 Å². The van der Waals surface area contributed by atoms with E-state index in [4.69, 9.17) is 5.11 Å². The molecule has 1 amide bonds. The Kier molecular flexibility index (Phi) is 5.80. The van der Waals surface area contributed by atoms with Crippen LogP contribution in [0.4, 0.5) is 9.18 Å². The van der Waals surface area contributed by atoms with Gasteiger partial charge in [-0.2, -0.15) is 0 Å². The Morgan fingerprint density at radius 2 is 2.00 bits per heavy atom. The Balaban J connectivity index is 2.19. The lowest BCUT2D eigenvalue weighted by molar-refractivity contribution is 0.0480. The highest BCUT2D eigenvalue weighted by molar-refractivity contribution is 5.65. The minimum absolute atomic E-state index is 0.148. The van der Waals surface area contributed by atoms with E-state index in [-0.39, 0.29) is 6.54 Å². The predicted molar refractivity (Wildman–Crippen MR) is 64.0 cm³/mol. The fourth-order valence-corrected chi connectivity index (χ4v) is 1.92. The van der Waals surface area contributed by atoms with Gasteiger partial charge in [-0.3, -0.25) is 5.01 Å². The van der Waals surface area contributed by atoms with E-state index in [0.29, 0.717) is 6.54 Å². The Morgan fingerprint density at radius 1 is 1.35 bits per heavy atom. The van der Waals surface area contributed by atoms with Crippen LogP contribution in [0.25, 0.3) is 0 Å². The molecule has 98 valence electrons. The van der Waals surface area contributed by atoms with Gasteiger partial charge in [0, 0.05) is 6.54 Å². The normalized spacial score (nSPS) is 15.3. The fourth-order valence-electron chi connectivity index (χ4n) is 1.92. The molecule has 0 saturated heterocycles. The van der Waals surface area contributed by atoms with Crippen LogP contribution in [0.1, 0.15) is 45.4 Å². The van der Waals surface area contributed by atoms with Crippen molar-refractivity contribution in [1.82, 2.24) is 10.0 Å². The summed E-state index contributed by atoms with van der Waals surface area (Å²) in [6.45, 7) is 2.60. The average Bonchev–Trinajstić information content (AvgIpc) is 2.65. The Labute approximate surface area is 102 Å². The van der Waals surface area contributed by atoms with Gasteiger partial charge in [0.1, 0.15) is 5.83 Å². The molecule has 0 aliphatic carbocycles. The summed E-state index contributed by atoms with van der Waals surface area (Å²) in [7, 11) is 0. The van der Waals surface area contributed by atoms with Gasteiger partial charge in [0.15, 0.2) is 0 Å². The summed E-state index contributed by atoms with van der Waals surface area (Å²) in [5, 5.41) is 11.3. The van der Waals surface area contributed by atoms with Crippen molar-refractivity contribution < 1.29 is 14.3 Å². The zero-order valence-electron chi connectivity index (χ0n) is 10.4. The lowest BCUT2D eigenvalue weighted by Crippen LogP contribution is -2.39. The highest BCUT2D eigenvalue weighted by Gasteiger charge is 2.25. The van der Waals surface area contributed by atoms with Gasteiger partial charge in [-0.05, 0) is 6.42 Å². The van der Waals surface area contributed by atoms with Gasteiger partial charge in [0.05, 0.1) is 12.7 Å². The molecule has 1 N–H and O–H groups in total. The van der Waals surface area contributed by atoms with E-state index in [0.717, 1.165) is 17.9 Å². The van der Waals surface area contributed by atoms with Gasteiger partial charge < -0.3 is 5.11 Å². The minimum Gasteiger partial charge on any atom is -0.464 e. The first-order chi connectivity index (χ1) is 8.15. The molecule has 4 nitrogen and oxygen atoms in total. The molecule has 0 spiro atoms. The van der Waals surface area contributed by atoms with Crippen molar-refractivity contribution in [3.63, 3.8) is 0 Å².